The van der Waals surface area contributed by atoms with Crippen LogP contribution in [-0.2, 0) is 17.9 Å². The Kier molecular flexibility index (Phi) is 9.36. The van der Waals surface area contributed by atoms with Crippen LogP contribution in [0.15, 0.2) is 45.7 Å². The van der Waals surface area contributed by atoms with Crippen molar-refractivity contribution in [2.75, 3.05) is 20.3 Å². The molecule has 0 unspecified atom stereocenters. The molecule has 37 heavy (non-hydrogen) atoms. The molecule has 1 aromatic heterocycles. The molecule has 0 radical (unpaired) electrons. The van der Waals surface area contributed by atoms with Gasteiger partial charge < -0.3 is 30.0 Å². The monoisotopic (exact) mass is 575 g/mol. The Balaban J connectivity index is 1.89. The Labute approximate surface area is 220 Å². The van der Waals surface area contributed by atoms with Crippen LogP contribution in [0, 0.1) is 19.7 Å². The molecule has 196 valence electrons. The fourth-order valence-electron chi connectivity index (χ4n) is 3.54. The average Bonchev–Trinajstić information content (AvgIpc) is 2.86. The third-order valence-electron chi connectivity index (χ3n) is 5.43. The number of aromatic nitrogens is 2. The molecule has 3 rings (SSSR count). The summed E-state index contributed by atoms with van der Waals surface area (Å²) in [5, 5.41) is 15.6. The maximum absolute atomic E-state index is 13.7. The lowest BCUT2D eigenvalue weighted by molar-refractivity contribution is -0.251. The maximum Gasteiger partial charge on any atom is 0.276 e. The SMILES string of the molecule is COCCNC(=O)c1ccc(C)c(-n2c(C)nc(OCc3ccc(F)cc3CNC(=O)[O-])c(Br)c2=O)c1. The van der Waals surface area contributed by atoms with Crippen molar-refractivity contribution in [3.05, 3.63) is 85.1 Å². The van der Waals surface area contributed by atoms with Crippen LogP contribution < -0.4 is 26.0 Å². The summed E-state index contributed by atoms with van der Waals surface area (Å²) in [6.07, 6.45) is -1.49. The van der Waals surface area contributed by atoms with Crippen molar-refractivity contribution in [1.82, 2.24) is 20.2 Å². The van der Waals surface area contributed by atoms with E-state index in [2.05, 4.69) is 31.5 Å². The summed E-state index contributed by atoms with van der Waals surface area (Å²) in [6, 6.07) is 8.86. The minimum Gasteiger partial charge on any atom is -0.530 e. The first-order valence-electron chi connectivity index (χ1n) is 11.1. The summed E-state index contributed by atoms with van der Waals surface area (Å²) >= 11 is 3.26. The first kappa shape index (κ1) is 27.8. The van der Waals surface area contributed by atoms with E-state index in [1.807, 2.05) is 6.92 Å². The van der Waals surface area contributed by atoms with Crippen molar-refractivity contribution in [3.63, 3.8) is 0 Å². The number of carbonyl (C=O) groups is 2. The minimum atomic E-state index is -1.49. The topological polar surface area (TPSA) is 135 Å². The summed E-state index contributed by atoms with van der Waals surface area (Å²) in [6.45, 7) is 3.86. The molecule has 0 bridgehead atoms. The molecule has 0 saturated carbocycles. The van der Waals surface area contributed by atoms with E-state index in [1.54, 1.807) is 25.1 Å². The van der Waals surface area contributed by atoms with Gasteiger partial charge in [0.1, 0.15) is 28.8 Å². The normalized spacial score (nSPS) is 10.7. The molecular weight excluding hydrogens is 551 g/mol. The van der Waals surface area contributed by atoms with Crippen LogP contribution >= 0.6 is 15.9 Å². The van der Waals surface area contributed by atoms with E-state index in [0.717, 1.165) is 5.56 Å². The highest BCUT2D eigenvalue weighted by Crippen LogP contribution is 2.24. The summed E-state index contributed by atoms with van der Waals surface area (Å²) < 4.78 is 25.8. The van der Waals surface area contributed by atoms with E-state index in [4.69, 9.17) is 9.47 Å². The van der Waals surface area contributed by atoms with Crippen LogP contribution in [0.2, 0.25) is 0 Å². The zero-order valence-electron chi connectivity index (χ0n) is 20.4. The number of carboxylic acid groups (broad SMARTS) is 1. The van der Waals surface area contributed by atoms with E-state index >= 15 is 0 Å². The van der Waals surface area contributed by atoms with Crippen molar-refractivity contribution < 1.29 is 28.6 Å². The number of hydrogen-bond donors (Lipinski definition) is 2. The van der Waals surface area contributed by atoms with E-state index < -0.39 is 17.5 Å². The molecule has 0 spiro atoms. The van der Waals surface area contributed by atoms with Gasteiger partial charge in [-0.25, -0.2) is 4.39 Å². The third-order valence-corrected chi connectivity index (χ3v) is 6.10. The fourth-order valence-corrected chi connectivity index (χ4v) is 3.92. The van der Waals surface area contributed by atoms with Gasteiger partial charge in [0.2, 0.25) is 5.88 Å². The molecular formula is C25H25BrFN4O6-. The zero-order valence-corrected chi connectivity index (χ0v) is 22.0. The van der Waals surface area contributed by atoms with Crippen molar-refractivity contribution in [2.45, 2.75) is 27.0 Å². The van der Waals surface area contributed by atoms with Crippen molar-refractivity contribution in [3.8, 4) is 11.6 Å². The average molecular weight is 576 g/mol. The highest BCUT2D eigenvalue weighted by atomic mass is 79.9. The van der Waals surface area contributed by atoms with Gasteiger partial charge in [0.05, 0.1) is 12.3 Å². The van der Waals surface area contributed by atoms with E-state index in [-0.39, 0.29) is 29.4 Å². The molecule has 2 N–H and O–H groups in total. The Morgan fingerprint density at radius 1 is 1.14 bits per heavy atom. The lowest BCUT2D eigenvalue weighted by atomic mass is 10.1. The molecule has 0 atom stereocenters. The van der Waals surface area contributed by atoms with Gasteiger partial charge in [-0.05, 0) is 70.7 Å². The van der Waals surface area contributed by atoms with Gasteiger partial charge in [-0.15, -0.1) is 0 Å². The van der Waals surface area contributed by atoms with Crippen LogP contribution in [-0.4, -0.2) is 41.8 Å². The van der Waals surface area contributed by atoms with E-state index in [9.17, 15) is 23.9 Å². The lowest BCUT2D eigenvalue weighted by Crippen LogP contribution is -2.36. The van der Waals surface area contributed by atoms with Crippen molar-refractivity contribution >= 4 is 27.9 Å². The van der Waals surface area contributed by atoms with Crippen LogP contribution in [0.4, 0.5) is 9.18 Å². The second-order valence-corrected chi connectivity index (χ2v) is 8.80. The highest BCUT2D eigenvalue weighted by Gasteiger charge is 2.18. The van der Waals surface area contributed by atoms with Gasteiger partial charge >= 0.3 is 0 Å². The molecule has 0 saturated heterocycles. The number of nitrogens with zero attached hydrogens (tertiary/aromatic N) is 2. The minimum absolute atomic E-state index is 0.00741. The molecule has 0 aliphatic rings. The number of aryl methyl sites for hydroxylation is 2. The molecule has 10 nitrogen and oxygen atoms in total. The van der Waals surface area contributed by atoms with E-state index in [0.29, 0.717) is 41.4 Å². The predicted molar refractivity (Wildman–Crippen MR) is 134 cm³/mol. The third kappa shape index (κ3) is 6.92. The van der Waals surface area contributed by atoms with Crippen molar-refractivity contribution in [2.24, 2.45) is 0 Å². The van der Waals surface area contributed by atoms with Gasteiger partial charge in [0, 0.05) is 25.8 Å². The fraction of sp³-hybridized carbons (Fsp3) is 0.280. The number of methoxy groups -OCH3 is 1. The summed E-state index contributed by atoms with van der Waals surface area (Å²) in [5.41, 5.74) is 1.98. The predicted octanol–water partition coefficient (Wildman–Crippen LogP) is 2.14. The molecule has 2 amide bonds. The Bertz CT molecular complexity index is 1380. The van der Waals surface area contributed by atoms with Gasteiger partial charge in [0.25, 0.3) is 11.5 Å². The molecule has 1 heterocycles. The smallest absolute Gasteiger partial charge is 0.276 e. The molecule has 0 aliphatic heterocycles. The number of nitrogens with one attached hydrogen (secondary N) is 2. The number of amides is 2. The second kappa shape index (κ2) is 12.5. The van der Waals surface area contributed by atoms with Crippen LogP contribution in [0.5, 0.6) is 5.88 Å². The molecule has 0 fully saturated rings. The van der Waals surface area contributed by atoms with Crippen LogP contribution in [0.25, 0.3) is 5.69 Å². The summed E-state index contributed by atoms with van der Waals surface area (Å²) in [5.74, 6) is -0.532. The number of rotatable bonds is 10. The van der Waals surface area contributed by atoms with Gasteiger partial charge in [-0.2, -0.15) is 4.98 Å². The lowest BCUT2D eigenvalue weighted by Gasteiger charge is -2.17. The Hall–Kier alpha value is -3.77. The quantitative estimate of drug-likeness (QED) is 0.353. The Morgan fingerprint density at radius 3 is 2.59 bits per heavy atom. The number of hydrogen-bond acceptors (Lipinski definition) is 7. The number of carbonyl (C=O) groups excluding carboxylic acids is 2. The largest absolute Gasteiger partial charge is 0.530 e. The number of benzene rings is 2. The first-order valence-corrected chi connectivity index (χ1v) is 11.9. The molecule has 3 aromatic rings. The Morgan fingerprint density at radius 2 is 1.89 bits per heavy atom. The summed E-state index contributed by atoms with van der Waals surface area (Å²) in [7, 11) is 1.54. The number of halogens is 2. The highest BCUT2D eigenvalue weighted by molar-refractivity contribution is 9.10. The second-order valence-electron chi connectivity index (χ2n) is 8.01. The van der Waals surface area contributed by atoms with Gasteiger partial charge in [-0.3, -0.25) is 14.2 Å². The van der Waals surface area contributed by atoms with Gasteiger partial charge in [0.15, 0.2) is 0 Å². The first-order chi connectivity index (χ1) is 17.6. The molecule has 2 aromatic carbocycles. The van der Waals surface area contributed by atoms with Crippen LogP contribution in [0.3, 0.4) is 0 Å². The number of ether oxygens (including phenoxy) is 2. The zero-order chi connectivity index (χ0) is 27.1. The van der Waals surface area contributed by atoms with Gasteiger partial charge in [-0.1, -0.05) is 12.1 Å². The van der Waals surface area contributed by atoms with Crippen molar-refractivity contribution in [1.29, 1.82) is 0 Å². The standard InChI is InChI=1S/C25H26BrFN4O6/c1-14-4-5-16(22(32)28-8-9-36-3)11-20(14)31-15(2)30-23(21(26)24(31)33)37-13-17-6-7-19(27)10-18(17)12-29-25(34)35/h4-7,10-11,29H,8-9,12-13H2,1-3H3,(H,28,32)(H,34,35)/p-1. The molecule has 12 heteroatoms. The van der Waals surface area contributed by atoms with Crippen LogP contribution in [0.1, 0.15) is 32.9 Å². The molecule has 0 aliphatic carbocycles. The summed E-state index contributed by atoms with van der Waals surface area (Å²) in [4.78, 5) is 40.9. The van der Waals surface area contributed by atoms with E-state index in [1.165, 1.54) is 29.9 Å². The maximum atomic E-state index is 13.7.